The van der Waals surface area contributed by atoms with E-state index in [0.717, 1.165) is 30.5 Å². The number of hydrazone groups is 1. The zero-order valence-corrected chi connectivity index (χ0v) is 14.3. The lowest BCUT2D eigenvalue weighted by molar-refractivity contribution is 0.0950. The normalized spacial score (nSPS) is 11.2. The van der Waals surface area contributed by atoms with Gasteiger partial charge in [0.1, 0.15) is 5.75 Å². The van der Waals surface area contributed by atoms with Crippen LogP contribution in [0.1, 0.15) is 49.0 Å². The molecule has 4 heteroatoms. The molecule has 0 aliphatic carbocycles. The molecule has 24 heavy (non-hydrogen) atoms. The molecule has 0 atom stereocenters. The van der Waals surface area contributed by atoms with E-state index < -0.39 is 0 Å². The molecule has 0 saturated heterocycles. The number of benzene rings is 2. The third-order valence-electron chi connectivity index (χ3n) is 3.48. The van der Waals surface area contributed by atoms with Crippen LogP contribution in [0.2, 0.25) is 0 Å². The van der Waals surface area contributed by atoms with E-state index in [9.17, 15) is 4.79 Å². The third kappa shape index (κ3) is 4.95. The van der Waals surface area contributed by atoms with Crippen LogP contribution in [0.15, 0.2) is 59.7 Å². The highest BCUT2D eigenvalue weighted by Gasteiger charge is 2.12. The minimum atomic E-state index is -0.258. The van der Waals surface area contributed by atoms with Gasteiger partial charge in [-0.2, -0.15) is 5.10 Å². The Labute approximate surface area is 143 Å². The molecule has 1 amide bonds. The van der Waals surface area contributed by atoms with Gasteiger partial charge in [-0.15, -0.1) is 0 Å². The Morgan fingerprint density at radius 3 is 2.42 bits per heavy atom. The van der Waals surface area contributed by atoms with Gasteiger partial charge in [-0.25, -0.2) is 5.43 Å². The molecular weight excluding hydrogens is 300 g/mol. The standard InChI is InChI=1S/C20H24N2O2/c1-3-10-18(16-11-6-5-7-12-16)21-22-20(23)17-13-8-9-14-19(17)24-15-4-2/h5-9,11-14H,3-4,10,15H2,1-2H3,(H,22,23). The first-order valence-electron chi connectivity index (χ1n) is 8.40. The van der Waals surface area contributed by atoms with Crippen LogP contribution in [0.5, 0.6) is 5.75 Å². The number of para-hydroxylation sites is 1. The Morgan fingerprint density at radius 1 is 1.00 bits per heavy atom. The van der Waals surface area contributed by atoms with Gasteiger partial charge in [0.05, 0.1) is 17.9 Å². The zero-order valence-electron chi connectivity index (χ0n) is 14.3. The molecule has 0 saturated carbocycles. The molecule has 2 aromatic carbocycles. The Balaban J connectivity index is 2.16. The fraction of sp³-hybridized carbons (Fsp3) is 0.300. The van der Waals surface area contributed by atoms with Crippen molar-refractivity contribution >= 4 is 11.6 Å². The number of hydrogen-bond acceptors (Lipinski definition) is 3. The molecular formula is C20H24N2O2. The third-order valence-corrected chi connectivity index (χ3v) is 3.48. The van der Waals surface area contributed by atoms with Crippen molar-refractivity contribution in [2.24, 2.45) is 5.10 Å². The molecule has 2 aromatic rings. The number of carbonyl (C=O) groups is 1. The second kappa shape index (κ2) is 9.50. The second-order valence-electron chi connectivity index (χ2n) is 5.46. The van der Waals surface area contributed by atoms with Gasteiger partial charge in [0, 0.05) is 0 Å². The van der Waals surface area contributed by atoms with Gasteiger partial charge in [0.15, 0.2) is 0 Å². The van der Waals surface area contributed by atoms with E-state index in [4.69, 9.17) is 4.74 Å². The first-order chi connectivity index (χ1) is 11.8. The van der Waals surface area contributed by atoms with Crippen LogP contribution in [0.4, 0.5) is 0 Å². The molecule has 0 aliphatic rings. The van der Waals surface area contributed by atoms with Crippen molar-refractivity contribution in [1.29, 1.82) is 0 Å². The van der Waals surface area contributed by atoms with E-state index in [1.165, 1.54) is 0 Å². The number of nitrogens with zero attached hydrogens (tertiary/aromatic N) is 1. The van der Waals surface area contributed by atoms with E-state index in [1.54, 1.807) is 12.1 Å². The summed E-state index contributed by atoms with van der Waals surface area (Å²) in [6.07, 6.45) is 2.65. The quantitative estimate of drug-likeness (QED) is 0.577. The predicted molar refractivity (Wildman–Crippen MR) is 97.6 cm³/mol. The average molecular weight is 324 g/mol. The summed E-state index contributed by atoms with van der Waals surface area (Å²) in [5.74, 6) is 0.329. The maximum absolute atomic E-state index is 12.5. The SMILES string of the molecule is CCCOc1ccccc1C(=O)NN=C(CCC)c1ccccc1. The molecule has 2 rings (SSSR count). The molecule has 126 valence electrons. The molecule has 0 unspecified atom stereocenters. The van der Waals surface area contributed by atoms with Gasteiger partial charge >= 0.3 is 0 Å². The first kappa shape index (κ1) is 17.7. The Morgan fingerprint density at radius 2 is 1.71 bits per heavy atom. The second-order valence-corrected chi connectivity index (χ2v) is 5.46. The minimum Gasteiger partial charge on any atom is -0.493 e. The van der Waals surface area contributed by atoms with Crippen LogP contribution in [-0.2, 0) is 0 Å². The highest BCUT2D eigenvalue weighted by atomic mass is 16.5. The fourth-order valence-corrected chi connectivity index (χ4v) is 2.30. The number of amides is 1. The predicted octanol–water partition coefficient (Wildman–Crippen LogP) is 4.41. The van der Waals surface area contributed by atoms with Crippen LogP contribution in [-0.4, -0.2) is 18.2 Å². The van der Waals surface area contributed by atoms with Crippen LogP contribution >= 0.6 is 0 Å². The number of rotatable bonds is 8. The van der Waals surface area contributed by atoms with E-state index >= 15 is 0 Å². The summed E-state index contributed by atoms with van der Waals surface area (Å²) in [6, 6.07) is 17.1. The van der Waals surface area contributed by atoms with Gasteiger partial charge in [-0.1, -0.05) is 62.7 Å². The van der Waals surface area contributed by atoms with Gasteiger partial charge in [0.25, 0.3) is 5.91 Å². The molecule has 0 bridgehead atoms. The monoisotopic (exact) mass is 324 g/mol. The lowest BCUT2D eigenvalue weighted by Crippen LogP contribution is -2.21. The molecule has 0 radical (unpaired) electrons. The highest BCUT2D eigenvalue weighted by Crippen LogP contribution is 2.18. The summed E-state index contributed by atoms with van der Waals surface area (Å²) in [7, 11) is 0. The molecule has 0 fully saturated rings. The van der Waals surface area contributed by atoms with Crippen LogP contribution in [0, 0.1) is 0 Å². The van der Waals surface area contributed by atoms with Crippen molar-refractivity contribution in [1.82, 2.24) is 5.43 Å². The molecule has 0 aromatic heterocycles. The summed E-state index contributed by atoms with van der Waals surface area (Å²) in [6.45, 7) is 4.71. The van der Waals surface area contributed by atoms with E-state index in [2.05, 4.69) is 17.5 Å². The topological polar surface area (TPSA) is 50.7 Å². The maximum Gasteiger partial charge on any atom is 0.275 e. The summed E-state index contributed by atoms with van der Waals surface area (Å²) in [4.78, 5) is 12.5. The van der Waals surface area contributed by atoms with Crippen molar-refractivity contribution < 1.29 is 9.53 Å². The summed E-state index contributed by atoms with van der Waals surface area (Å²) >= 11 is 0. The number of ether oxygens (including phenoxy) is 1. The van der Waals surface area contributed by atoms with E-state index in [-0.39, 0.29) is 5.91 Å². The lowest BCUT2D eigenvalue weighted by Gasteiger charge is -2.10. The van der Waals surface area contributed by atoms with Crippen molar-refractivity contribution in [3.05, 3.63) is 65.7 Å². The highest BCUT2D eigenvalue weighted by molar-refractivity contribution is 6.02. The summed E-state index contributed by atoms with van der Waals surface area (Å²) in [5.41, 5.74) is 5.06. The van der Waals surface area contributed by atoms with Crippen molar-refractivity contribution in [3.8, 4) is 5.75 Å². The van der Waals surface area contributed by atoms with E-state index in [0.29, 0.717) is 17.9 Å². The average Bonchev–Trinajstić information content (AvgIpc) is 2.64. The first-order valence-corrected chi connectivity index (χ1v) is 8.40. The van der Waals surface area contributed by atoms with Crippen LogP contribution in [0.25, 0.3) is 0 Å². The molecule has 1 N–H and O–H groups in total. The van der Waals surface area contributed by atoms with Crippen LogP contribution in [0.3, 0.4) is 0 Å². The van der Waals surface area contributed by atoms with Crippen LogP contribution < -0.4 is 10.2 Å². The number of carbonyl (C=O) groups excluding carboxylic acids is 1. The summed E-state index contributed by atoms with van der Waals surface area (Å²) < 4.78 is 5.64. The van der Waals surface area contributed by atoms with Crippen molar-refractivity contribution in [2.75, 3.05) is 6.61 Å². The van der Waals surface area contributed by atoms with Crippen molar-refractivity contribution in [2.45, 2.75) is 33.1 Å². The Kier molecular flexibility index (Phi) is 7.02. The largest absolute Gasteiger partial charge is 0.493 e. The van der Waals surface area contributed by atoms with Gasteiger partial charge in [-0.05, 0) is 30.5 Å². The molecule has 0 heterocycles. The summed E-state index contributed by atoms with van der Waals surface area (Å²) in [5, 5.41) is 4.34. The Hall–Kier alpha value is -2.62. The smallest absolute Gasteiger partial charge is 0.275 e. The van der Waals surface area contributed by atoms with Gasteiger partial charge < -0.3 is 4.74 Å². The lowest BCUT2D eigenvalue weighted by atomic mass is 10.1. The van der Waals surface area contributed by atoms with Crippen molar-refractivity contribution in [3.63, 3.8) is 0 Å². The van der Waals surface area contributed by atoms with E-state index in [1.807, 2.05) is 49.4 Å². The zero-order chi connectivity index (χ0) is 17.2. The maximum atomic E-state index is 12.5. The molecule has 0 spiro atoms. The Bertz CT molecular complexity index is 681. The minimum absolute atomic E-state index is 0.258. The molecule has 0 aliphatic heterocycles. The molecule has 4 nitrogen and oxygen atoms in total. The van der Waals surface area contributed by atoms with Gasteiger partial charge in [0.2, 0.25) is 0 Å². The van der Waals surface area contributed by atoms with Gasteiger partial charge in [-0.3, -0.25) is 4.79 Å². The fourth-order valence-electron chi connectivity index (χ4n) is 2.30. The number of nitrogens with one attached hydrogen (secondary N) is 1. The number of hydrogen-bond donors (Lipinski definition) is 1.